The van der Waals surface area contributed by atoms with E-state index in [0.29, 0.717) is 17.6 Å². The van der Waals surface area contributed by atoms with Crippen molar-refractivity contribution in [2.75, 3.05) is 13.2 Å². The summed E-state index contributed by atoms with van der Waals surface area (Å²) < 4.78 is 5.74. The molecule has 2 nitrogen and oxygen atoms in total. The topological polar surface area (TPSA) is 21.3 Å². The summed E-state index contributed by atoms with van der Waals surface area (Å²) in [6, 6.07) is 0.675. The Bertz CT molecular complexity index is 172. The van der Waals surface area contributed by atoms with Crippen molar-refractivity contribution < 1.29 is 4.74 Å². The van der Waals surface area contributed by atoms with E-state index in [2.05, 4.69) is 33.0 Å². The molecule has 0 saturated carbocycles. The van der Waals surface area contributed by atoms with E-state index in [9.17, 15) is 0 Å². The van der Waals surface area contributed by atoms with Gasteiger partial charge in [-0.25, -0.2) is 0 Å². The van der Waals surface area contributed by atoms with Gasteiger partial charge in [-0.3, -0.25) is 0 Å². The molecular weight excluding hydrogens is 186 g/mol. The standard InChI is InChI=1S/C13H27NO/c1-5-6-12-9-11(7-8-15-12)14-10-13(2,3)4/h11-12,14H,5-10H2,1-4H3. The van der Waals surface area contributed by atoms with E-state index in [0.717, 1.165) is 13.2 Å². The third-order valence-corrected chi connectivity index (χ3v) is 2.90. The van der Waals surface area contributed by atoms with Gasteiger partial charge >= 0.3 is 0 Å². The Hall–Kier alpha value is -0.0800. The van der Waals surface area contributed by atoms with Crippen LogP contribution in [0.3, 0.4) is 0 Å². The lowest BCUT2D eigenvalue weighted by Gasteiger charge is -2.32. The second-order valence-corrected chi connectivity index (χ2v) is 5.94. The number of rotatable bonds is 4. The van der Waals surface area contributed by atoms with Crippen molar-refractivity contribution in [2.45, 2.75) is 65.5 Å². The molecule has 1 aliphatic heterocycles. The minimum Gasteiger partial charge on any atom is -0.378 e. The van der Waals surface area contributed by atoms with Gasteiger partial charge in [0, 0.05) is 19.2 Å². The van der Waals surface area contributed by atoms with Crippen molar-refractivity contribution in [3.05, 3.63) is 0 Å². The summed E-state index contributed by atoms with van der Waals surface area (Å²) in [5, 5.41) is 3.67. The Morgan fingerprint density at radius 2 is 2.07 bits per heavy atom. The van der Waals surface area contributed by atoms with E-state index in [1.165, 1.54) is 25.7 Å². The predicted molar refractivity (Wildman–Crippen MR) is 65.1 cm³/mol. The molecule has 0 aromatic rings. The zero-order valence-electron chi connectivity index (χ0n) is 10.8. The lowest BCUT2D eigenvalue weighted by molar-refractivity contribution is -0.00432. The van der Waals surface area contributed by atoms with E-state index in [4.69, 9.17) is 4.74 Å². The molecule has 0 amide bonds. The molecule has 1 fully saturated rings. The molecule has 2 unspecified atom stereocenters. The first-order valence-corrected chi connectivity index (χ1v) is 6.36. The fraction of sp³-hybridized carbons (Fsp3) is 1.00. The number of hydrogen-bond donors (Lipinski definition) is 1. The largest absolute Gasteiger partial charge is 0.378 e. The van der Waals surface area contributed by atoms with E-state index in [1.807, 2.05) is 0 Å². The maximum absolute atomic E-state index is 5.74. The van der Waals surface area contributed by atoms with Crippen molar-refractivity contribution in [3.8, 4) is 0 Å². The van der Waals surface area contributed by atoms with E-state index in [-0.39, 0.29) is 0 Å². The van der Waals surface area contributed by atoms with Crippen LogP contribution in [0.4, 0.5) is 0 Å². The molecule has 0 aliphatic carbocycles. The van der Waals surface area contributed by atoms with Gasteiger partial charge in [-0.1, -0.05) is 34.1 Å². The van der Waals surface area contributed by atoms with E-state index in [1.54, 1.807) is 0 Å². The summed E-state index contributed by atoms with van der Waals surface area (Å²) in [6.45, 7) is 11.1. The number of ether oxygens (including phenoxy) is 1. The minimum absolute atomic E-state index is 0.387. The van der Waals surface area contributed by atoms with Crippen molar-refractivity contribution in [2.24, 2.45) is 5.41 Å². The highest BCUT2D eigenvalue weighted by atomic mass is 16.5. The summed E-state index contributed by atoms with van der Waals surface area (Å²) in [5.41, 5.74) is 0.387. The summed E-state index contributed by atoms with van der Waals surface area (Å²) in [4.78, 5) is 0. The molecule has 2 atom stereocenters. The lowest BCUT2D eigenvalue weighted by Crippen LogP contribution is -2.42. The highest BCUT2D eigenvalue weighted by Crippen LogP contribution is 2.19. The van der Waals surface area contributed by atoms with E-state index < -0.39 is 0 Å². The molecule has 1 rings (SSSR count). The smallest absolute Gasteiger partial charge is 0.0589 e. The Balaban J connectivity index is 2.24. The number of hydrogen-bond acceptors (Lipinski definition) is 2. The van der Waals surface area contributed by atoms with Gasteiger partial charge in [0.05, 0.1) is 6.10 Å². The van der Waals surface area contributed by atoms with Gasteiger partial charge in [0.25, 0.3) is 0 Å². The molecule has 0 radical (unpaired) electrons. The maximum Gasteiger partial charge on any atom is 0.0589 e. The third kappa shape index (κ3) is 5.53. The van der Waals surface area contributed by atoms with Gasteiger partial charge in [0.1, 0.15) is 0 Å². The fourth-order valence-electron chi connectivity index (χ4n) is 2.04. The van der Waals surface area contributed by atoms with E-state index >= 15 is 0 Å². The first-order valence-electron chi connectivity index (χ1n) is 6.36. The molecule has 0 spiro atoms. The first-order chi connectivity index (χ1) is 7.01. The minimum atomic E-state index is 0.387. The second-order valence-electron chi connectivity index (χ2n) is 5.94. The summed E-state index contributed by atoms with van der Waals surface area (Å²) in [5.74, 6) is 0. The van der Waals surface area contributed by atoms with Gasteiger partial charge in [-0.05, 0) is 24.7 Å². The average Bonchev–Trinajstić information content (AvgIpc) is 2.15. The van der Waals surface area contributed by atoms with Crippen LogP contribution < -0.4 is 5.32 Å². The highest BCUT2D eigenvalue weighted by molar-refractivity contribution is 4.78. The highest BCUT2D eigenvalue weighted by Gasteiger charge is 2.22. The van der Waals surface area contributed by atoms with Crippen LogP contribution in [0.5, 0.6) is 0 Å². The van der Waals surface area contributed by atoms with Crippen LogP contribution in [-0.4, -0.2) is 25.3 Å². The monoisotopic (exact) mass is 213 g/mol. The first kappa shape index (κ1) is 13.0. The molecule has 1 aliphatic rings. The van der Waals surface area contributed by atoms with Crippen molar-refractivity contribution in [1.29, 1.82) is 0 Å². The van der Waals surface area contributed by atoms with Crippen LogP contribution in [0.25, 0.3) is 0 Å². The van der Waals surface area contributed by atoms with Gasteiger partial charge in [0.15, 0.2) is 0 Å². The van der Waals surface area contributed by atoms with Crippen LogP contribution in [0.2, 0.25) is 0 Å². The predicted octanol–water partition coefficient (Wildman–Crippen LogP) is 2.97. The molecule has 1 saturated heterocycles. The van der Waals surface area contributed by atoms with Crippen molar-refractivity contribution in [1.82, 2.24) is 5.32 Å². The van der Waals surface area contributed by atoms with Gasteiger partial charge in [0.2, 0.25) is 0 Å². The van der Waals surface area contributed by atoms with Crippen LogP contribution in [-0.2, 0) is 4.74 Å². The molecule has 0 aromatic carbocycles. The summed E-state index contributed by atoms with van der Waals surface area (Å²) in [6.07, 6.45) is 5.33. The fourth-order valence-corrected chi connectivity index (χ4v) is 2.04. The van der Waals surface area contributed by atoms with Crippen molar-refractivity contribution in [3.63, 3.8) is 0 Å². The normalized spacial score (nSPS) is 28.0. The Morgan fingerprint density at radius 3 is 2.67 bits per heavy atom. The molecule has 90 valence electrons. The van der Waals surface area contributed by atoms with Gasteiger partial charge in [-0.2, -0.15) is 0 Å². The van der Waals surface area contributed by atoms with Crippen LogP contribution in [0.1, 0.15) is 53.4 Å². The zero-order chi connectivity index (χ0) is 11.3. The maximum atomic E-state index is 5.74. The van der Waals surface area contributed by atoms with Crippen LogP contribution in [0, 0.1) is 5.41 Å². The molecule has 1 heterocycles. The molecule has 0 bridgehead atoms. The zero-order valence-corrected chi connectivity index (χ0v) is 10.8. The molecule has 15 heavy (non-hydrogen) atoms. The van der Waals surface area contributed by atoms with Gasteiger partial charge in [-0.15, -0.1) is 0 Å². The Morgan fingerprint density at radius 1 is 1.33 bits per heavy atom. The molecule has 1 N–H and O–H groups in total. The quantitative estimate of drug-likeness (QED) is 0.775. The summed E-state index contributed by atoms with van der Waals surface area (Å²) >= 11 is 0. The molecule has 2 heteroatoms. The lowest BCUT2D eigenvalue weighted by atomic mass is 9.94. The second kappa shape index (κ2) is 5.86. The van der Waals surface area contributed by atoms with Crippen LogP contribution in [0.15, 0.2) is 0 Å². The molecule has 0 aromatic heterocycles. The number of nitrogens with one attached hydrogen (secondary N) is 1. The van der Waals surface area contributed by atoms with Crippen LogP contribution >= 0.6 is 0 Å². The average molecular weight is 213 g/mol. The SMILES string of the molecule is CCCC1CC(NCC(C)(C)C)CCO1. The molecular formula is C13H27NO. The Labute approximate surface area is 94.8 Å². The van der Waals surface area contributed by atoms with Gasteiger partial charge < -0.3 is 10.1 Å². The third-order valence-electron chi connectivity index (χ3n) is 2.90. The Kier molecular flexibility index (Phi) is 5.07. The summed E-state index contributed by atoms with van der Waals surface area (Å²) in [7, 11) is 0. The van der Waals surface area contributed by atoms with Crippen molar-refractivity contribution >= 4 is 0 Å².